The molecule has 0 N–H and O–H groups in total. The molecule has 2 aromatic heterocycles. The Balaban J connectivity index is 1.54. The second kappa shape index (κ2) is 7.48. The summed E-state index contributed by atoms with van der Waals surface area (Å²) in [6.07, 6.45) is -2.69. The monoisotopic (exact) mass is 468 g/mol. The number of carbonyl (C=O) groups is 1. The molecule has 1 saturated heterocycles. The average Bonchev–Trinajstić information content (AvgIpc) is 3.16. The van der Waals surface area contributed by atoms with Crippen molar-refractivity contribution in [1.82, 2.24) is 29.6 Å². The number of fused-ring (bicyclic) bond motifs is 4. The molecular formula is C19H13ClF4N6O2. The lowest BCUT2D eigenvalue weighted by atomic mass is 10.0. The van der Waals surface area contributed by atoms with Crippen molar-refractivity contribution in [2.24, 2.45) is 0 Å². The van der Waals surface area contributed by atoms with Crippen LogP contribution in [-0.4, -0.2) is 54.8 Å². The first-order valence-corrected chi connectivity index (χ1v) is 9.80. The minimum atomic E-state index is -4.70. The van der Waals surface area contributed by atoms with E-state index < -0.39 is 40.6 Å². The van der Waals surface area contributed by atoms with Gasteiger partial charge in [0.1, 0.15) is 6.04 Å². The van der Waals surface area contributed by atoms with E-state index in [1.807, 2.05) is 0 Å². The van der Waals surface area contributed by atoms with Crippen LogP contribution in [0.2, 0.25) is 5.02 Å². The Kier molecular flexibility index (Phi) is 4.86. The highest BCUT2D eigenvalue weighted by Crippen LogP contribution is 2.39. The first-order chi connectivity index (χ1) is 15.3. The van der Waals surface area contributed by atoms with Crippen LogP contribution in [-0.2, 0) is 17.5 Å². The maximum absolute atomic E-state index is 13.3. The molecule has 0 radical (unpaired) electrons. The quantitative estimate of drug-likeness (QED) is 0.537. The summed E-state index contributed by atoms with van der Waals surface area (Å²) in [6.45, 7) is 0.415. The zero-order chi connectivity index (χ0) is 22.6. The Labute approximate surface area is 182 Å². The van der Waals surface area contributed by atoms with Crippen molar-refractivity contribution in [3.63, 3.8) is 0 Å². The Bertz CT molecular complexity index is 1200. The van der Waals surface area contributed by atoms with Crippen LogP contribution in [0.3, 0.4) is 0 Å². The van der Waals surface area contributed by atoms with Crippen LogP contribution < -0.4 is 0 Å². The maximum atomic E-state index is 13.3. The zero-order valence-electron chi connectivity index (χ0n) is 16.1. The van der Waals surface area contributed by atoms with Crippen LogP contribution in [0, 0.1) is 5.82 Å². The van der Waals surface area contributed by atoms with Gasteiger partial charge in [0.15, 0.2) is 17.5 Å². The second-order valence-corrected chi connectivity index (χ2v) is 7.68. The fourth-order valence-corrected chi connectivity index (χ4v) is 4.29. The lowest BCUT2D eigenvalue weighted by Gasteiger charge is -2.45. The molecule has 0 aliphatic carbocycles. The summed E-state index contributed by atoms with van der Waals surface area (Å²) in [6, 6.07) is 2.00. The van der Waals surface area contributed by atoms with Gasteiger partial charge in [-0.2, -0.15) is 13.2 Å². The van der Waals surface area contributed by atoms with Crippen LogP contribution in [0.1, 0.15) is 27.8 Å². The van der Waals surface area contributed by atoms with Crippen LogP contribution in [0.25, 0.3) is 11.6 Å². The number of aromatic nitrogens is 5. The second-order valence-electron chi connectivity index (χ2n) is 7.30. The summed E-state index contributed by atoms with van der Waals surface area (Å²) in [5, 5.41) is 7.56. The lowest BCUT2D eigenvalue weighted by molar-refractivity contribution is -0.137. The first kappa shape index (κ1) is 20.8. The van der Waals surface area contributed by atoms with Gasteiger partial charge in [0.05, 0.1) is 47.8 Å². The van der Waals surface area contributed by atoms with E-state index in [-0.39, 0.29) is 31.1 Å². The van der Waals surface area contributed by atoms with Gasteiger partial charge in [-0.25, -0.2) is 14.4 Å². The molecule has 2 atom stereocenters. The number of benzene rings is 1. The summed E-state index contributed by atoms with van der Waals surface area (Å²) in [5.41, 5.74) is -1.34. The van der Waals surface area contributed by atoms with Gasteiger partial charge in [0.2, 0.25) is 5.82 Å². The number of ether oxygens (including phenoxy) is 1. The summed E-state index contributed by atoms with van der Waals surface area (Å²) >= 11 is 5.98. The van der Waals surface area contributed by atoms with E-state index in [1.54, 1.807) is 4.57 Å². The van der Waals surface area contributed by atoms with Crippen LogP contribution in [0.15, 0.2) is 30.6 Å². The molecule has 32 heavy (non-hydrogen) atoms. The molecule has 13 heteroatoms. The predicted molar refractivity (Wildman–Crippen MR) is 101 cm³/mol. The van der Waals surface area contributed by atoms with Crippen molar-refractivity contribution >= 4 is 17.5 Å². The van der Waals surface area contributed by atoms with Gasteiger partial charge in [-0.3, -0.25) is 4.79 Å². The van der Waals surface area contributed by atoms with E-state index in [4.69, 9.17) is 16.3 Å². The van der Waals surface area contributed by atoms with Gasteiger partial charge >= 0.3 is 6.18 Å². The molecule has 2 aliphatic heterocycles. The number of morpholine rings is 1. The highest BCUT2D eigenvalue weighted by Gasteiger charge is 2.45. The summed E-state index contributed by atoms with van der Waals surface area (Å²) < 4.78 is 60.3. The Morgan fingerprint density at radius 2 is 1.91 bits per heavy atom. The van der Waals surface area contributed by atoms with E-state index in [2.05, 4.69) is 20.2 Å². The van der Waals surface area contributed by atoms with Gasteiger partial charge in [0, 0.05) is 6.54 Å². The minimum Gasteiger partial charge on any atom is -0.377 e. The standard InChI is InChI=1S/C19H13ClF4N6O2/c20-14-11(2-1-3-12(14)19(22,23)24)18(31)30-10-6-29-16(13(30)8-32-7-10)27-28-17(29)15-25-4-9(21)5-26-15/h1-5,10,13H,6-8H2/t10?,13-/m1/s1. The van der Waals surface area contributed by atoms with Crippen LogP contribution in [0.5, 0.6) is 0 Å². The van der Waals surface area contributed by atoms with Crippen molar-refractivity contribution in [1.29, 1.82) is 0 Å². The first-order valence-electron chi connectivity index (χ1n) is 9.43. The number of hydrogen-bond donors (Lipinski definition) is 0. The van der Waals surface area contributed by atoms with E-state index in [0.29, 0.717) is 11.6 Å². The molecule has 0 spiro atoms. The third-order valence-corrected chi connectivity index (χ3v) is 5.78. The maximum Gasteiger partial charge on any atom is 0.417 e. The highest BCUT2D eigenvalue weighted by atomic mass is 35.5. The van der Waals surface area contributed by atoms with Gasteiger partial charge in [-0.05, 0) is 12.1 Å². The third kappa shape index (κ3) is 3.30. The van der Waals surface area contributed by atoms with Crippen molar-refractivity contribution < 1.29 is 27.1 Å². The molecule has 1 unspecified atom stereocenters. The molecule has 166 valence electrons. The highest BCUT2D eigenvalue weighted by molar-refractivity contribution is 6.34. The molecule has 2 aliphatic rings. The number of amides is 1. The smallest absolute Gasteiger partial charge is 0.377 e. The van der Waals surface area contributed by atoms with Gasteiger partial charge in [-0.1, -0.05) is 17.7 Å². The summed E-state index contributed by atoms with van der Waals surface area (Å²) in [7, 11) is 0. The Morgan fingerprint density at radius 1 is 1.16 bits per heavy atom. The number of carbonyl (C=O) groups excluding carboxylic acids is 1. The van der Waals surface area contributed by atoms with Crippen molar-refractivity contribution in [2.45, 2.75) is 24.8 Å². The topological polar surface area (TPSA) is 86.0 Å². The summed E-state index contributed by atoms with van der Waals surface area (Å²) in [5.74, 6) is -0.452. The normalized spacial score (nSPS) is 20.2. The van der Waals surface area contributed by atoms with Gasteiger partial charge in [0.25, 0.3) is 5.91 Å². The molecule has 0 saturated carbocycles. The van der Waals surface area contributed by atoms with E-state index in [1.165, 1.54) is 11.0 Å². The van der Waals surface area contributed by atoms with Gasteiger partial charge in [-0.15, -0.1) is 10.2 Å². The largest absolute Gasteiger partial charge is 0.417 e. The van der Waals surface area contributed by atoms with E-state index >= 15 is 0 Å². The molecule has 4 heterocycles. The average molecular weight is 469 g/mol. The fourth-order valence-electron chi connectivity index (χ4n) is 3.98. The molecule has 1 amide bonds. The molecule has 8 nitrogen and oxygen atoms in total. The minimum absolute atomic E-state index is 0.0707. The molecular weight excluding hydrogens is 456 g/mol. The SMILES string of the molecule is O=C(c1cccc(C(F)(F)F)c1Cl)N1C2COC[C@@H]1c1nnc(-c3ncc(F)cn3)n1C2. The predicted octanol–water partition coefficient (Wildman–Crippen LogP) is 3.14. The number of halogens is 5. The third-order valence-electron chi connectivity index (χ3n) is 5.38. The Hall–Kier alpha value is -3.12. The number of alkyl halides is 3. The molecule has 2 bridgehead atoms. The molecule has 1 fully saturated rings. The van der Waals surface area contributed by atoms with E-state index in [0.717, 1.165) is 24.5 Å². The lowest BCUT2D eigenvalue weighted by Crippen LogP contribution is -2.56. The molecule has 5 rings (SSSR count). The van der Waals surface area contributed by atoms with Crippen LogP contribution in [0.4, 0.5) is 17.6 Å². The summed E-state index contributed by atoms with van der Waals surface area (Å²) in [4.78, 5) is 22.6. The fraction of sp³-hybridized carbons (Fsp3) is 0.316. The van der Waals surface area contributed by atoms with Crippen molar-refractivity contribution in [2.75, 3.05) is 13.2 Å². The van der Waals surface area contributed by atoms with Crippen molar-refractivity contribution in [3.8, 4) is 11.6 Å². The van der Waals surface area contributed by atoms with Crippen molar-refractivity contribution in [3.05, 3.63) is 58.4 Å². The number of hydrogen-bond acceptors (Lipinski definition) is 6. The molecule has 3 aromatic rings. The zero-order valence-corrected chi connectivity index (χ0v) is 16.8. The number of rotatable bonds is 2. The van der Waals surface area contributed by atoms with Crippen LogP contribution >= 0.6 is 11.6 Å². The van der Waals surface area contributed by atoms with Gasteiger partial charge < -0.3 is 14.2 Å². The molecule has 1 aromatic carbocycles. The number of nitrogens with zero attached hydrogens (tertiary/aromatic N) is 6. The van der Waals surface area contributed by atoms with E-state index in [9.17, 15) is 22.4 Å². The Morgan fingerprint density at radius 3 is 2.62 bits per heavy atom.